The molecular formula is C27H32N4O4. The third kappa shape index (κ3) is 6.42. The minimum absolute atomic E-state index is 0.123. The van der Waals surface area contributed by atoms with E-state index in [2.05, 4.69) is 15.6 Å². The van der Waals surface area contributed by atoms with E-state index in [4.69, 9.17) is 5.21 Å². The largest absolute Gasteiger partial charge is 0.351 e. The third-order valence-electron chi connectivity index (χ3n) is 6.74. The Kier molecular flexibility index (Phi) is 7.86. The van der Waals surface area contributed by atoms with E-state index < -0.39 is 16.7 Å². The second-order valence-corrected chi connectivity index (χ2v) is 9.96. The fourth-order valence-electron chi connectivity index (χ4n) is 3.68. The number of pyridine rings is 1. The first-order chi connectivity index (χ1) is 16.5. The summed E-state index contributed by atoms with van der Waals surface area (Å²) >= 11 is 0. The monoisotopic (exact) mass is 476 g/mol. The Morgan fingerprint density at radius 3 is 2.26 bits per heavy atom. The Bertz CT molecular complexity index is 1210. The molecule has 2 aromatic carbocycles. The molecule has 0 bridgehead atoms. The van der Waals surface area contributed by atoms with Crippen LogP contribution >= 0.6 is 0 Å². The van der Waals surface area contributed by atoms with E-state index >= 15 is 0 Å². The van der Waals surface area contributed by atoms with E-state index in [-0.39, 0.29) is 24.7 Å². The average Bonchev–Trinajstić information content (AvgIpc) is 2.82. The summed E-state index contributed by atoms with van der Waals surface area (Å²) in [5.41, 5.74) is 3.44. The summed E-state index contributed by atoms with van der Waals surface area (Å²) in [6.07, 6.45) is 1.98. The van der Waals surface area contributed by atoms with Crippen molar-refractivity contribution in [1.82, 2.24) is 15.8 Å². The Hall–Kier alpha value is -3.78. The van der Waals surface area contributed by atoms with Crippen LogP contribution in [0.4, 0.5) is 5.69 Å². The number of hydrogen-bond acceptors (Lipinski definition) is 5. The maximum absolute atomic E-state index is 12.7. The molecule has 3 rings (SSSR count). The van der Waals surface area contributed by atoms with Gasteiger partial charge in [0.1, 0.15) is 0 Å². The smallest absolute Gasteiger partial charge is 0.251 e. The van der Waals surface area contributed by atoms with Crippen LogP contribution in [0.2, 0.25) is 0 Å². The van der Waals surface area contributed by atoms with Crippen LogP contribution in [0.25, 0.3) is 10.9 Å². The molecule has 0 atom stereocenters. The van der Waals surface area contributed by atoms with Gasteiger partial charge in [0.15, 0.2) is 0 Å². The Balaban J connectivity index is 1.57. The van der Waals surface area contributed by atoms with Gasteiger partial charge in [0.05, 0.1) is 17.6 Å². The maximum atomic E-state index is 12.7. The van der Waals surface area contributed by atoms with Crippen molar-refractivity contribution in [3.8, 4) is 0 Å². The molecule has 3 aromatic rings. The predicted molar refractivity (Wildman–Crippen MR) is 135 cm³/mol. The highest BCUT2D eigenvalue weighted by Crippen LogP contribution is 2.40. The summed E-state index contributed by atoms with van der Waals surface area (Å²) in [7, 11) is 0. The highest BCUT2D eigenvalue weighted by Gasteiger charge is 2.38. The highest BCUT2D eigenvalue weighted by atomic mass is 16.5. The van der Waals surface area contributed by atoms with E-state index in [9.17, 15) is 14.4 Å². The fourth-order valence-corrected chi connectivity index (χ4v) is 3.68. The highest BCUT2D eigenvalue weighted by molar-refractivity contribution is 6.01. The quantitative estimate of drug-likeness (QED) is 0.274. The zero-order chi connectivity index (χ0) is 25.6. The number of aromatic nitrogens is 1. The van der Waals surface area contributed by atoms with Gasteiger partial charge in [-0.3, -0.25) is 24.6 Å². The normalized spacial score (nSPS) is 11.7. The number of carbonyl (C=O) groups is 3. The molecule has 0 saturated heterocycles. The minimum Gasteiger partial charge on any atom is -0.351 e. The summed E-state index contributed by atoms with van der Waals surface area (Å²) < 4.78 is 0. The lowest BCUT2D eigenvalue weighted by molar-refractivity contribution is -0.133. The first kappa shape index (κ1) is 25.8. The van der Waals surface area contributed by atoms with Crippen molar-refractivity contribution in [3.63, 3.8) is 0 Å². The first-order valence-corrected chi connectivity index (χ1v) is 11.5. The minimum atomic E-state index is -0.468. The number of carbonyl (C=O) groups excluding carboxylic acids is 3. The second kappa shape index (κ2) is 10.7. The van der Waals surface area contributed by atoms with E-state index in [1.165, 1.54) is 0 Å². The number of fused-ring (bicyclic) bond motifs is 1. The Morgan fingerprint density at radius 1 is 0.886 bits per heavy atom. The average molecular weight is 477 g/mol. The number of anilines is 1. The van der Waals surface area contributed by atoms with Crippen LogP contribution in [0.15, 0.2) is 60.8 Å². The Labute approximate surface area is 205 Å². The molecule has 1 aromatic heterocycles. The van der Waals surface area contributed by atoms with Crippen molar-refractivity contribution in [2.45, 2.75) is 40.5 Å². The lowest BCUT2D eigenvalue weighted by atomic mass is 9.66. The number of nitrogens with zero attached hydrogens (tertiary/aromatic N) is 1. The summed E-state index contributed by atoms with van der Waals surface area (Å²) in [5, 5.41) is 15.6. The van der Waals surface area contributed by atoms with Crippen molar-refractivity contribution in [2.75, 3.05) is 11.9 Å². The van der Waals surface area contributed by atoms with E-state index in [1.54, 1.807) is 35.9 Å². The van der Waals surface area contributed by atoms with Gasteiger partial charge < -0.3 is 10.6 Å². The number of benzene rings is 2. The molecule has 8 heteroatoms. The number of amides is 3. The van der Waals surface area contributed by atoms with Gasteiger partial charge in [-0.1, -0.05) is 58.0 Å². The van der Waals surface area contributed by atoms with Crippen LogP contribution in [0, 0.1) is 10.8 Å². The number of nitrogens with one attached hydrogen (secondary N) is 3. The van der Waals surface area contributed by atoms with Crippen molar-refractivity contribution in [2.24, 2.45) is 10.8 Å². The topological polar surface area (TPSA) is 120 Å². The molecule has 1 heterocycles. The molecule has 0 aliphatic heterocycles. The predicted octanol–water partition coefficient (Wildman–Crippen LogP) is 4.09. The lowest BCUT2D eigenvalue weighted by Gasteiger charge is -2.41. The van der Waals surface area contributed by atoms with Crippen molar-refractivity contribution in [1.29, 1.82) is 0 Å². The van der Waals surface area contributed by atoms with Gasteiger partial charge in [-0.15, -0.1) is 0 Å². The molecule has 35 heavy (non-hydrogen) atoms. The van der Waals surface area contributed by atoms with E-state index in [0.29, 0.717) is 17.8 Å². The van der Waals surface area contributed by atoms with Crippen molar-refractivity contribution in [3.05, 3.63) is 71.9 Å². The molecule has 0 saturated carbocycles. The van der Waals surface area contributed by atoms with Crippen molar-refractivity contribution >= 4 is 34.3 Å². The van der Waals surface area contributed by atoms with Crippen LogP contribution in [-0.2, 0) is 16.0 Å². The van der Waals surface area contributed by atoms with E-state index in [1.807, 2.05) is 58.0 Å². The molecule has 0 unspecified atom stereocenters. The standard InChI is InChI=1S/C27H32N4O4/c1-26(2,16-23(33)31-35)27(3,4)17-29-25(34)20-12-10-18(11-13-20)15-22(32)30-21-9-5-7-19-8-6-14-28-24(19)21/h5-14,35H,15-17H2,1-4H3,(H,29,34)(H,30,32)(H,31,33). The van der Waals surface area contributed by atoms with Crippen LogP contribution in [-0.4, -0.2) is 34.5 Å². The zero-order valence-corrected chi connectivity index (χ0v) is 20.5. The van der Waals surface area contributed by atoms with Gasteiger partial charge in [0.25, 0.3) is 5.91 Å². The van der Waals surface area contributed by atoms with Crippen LogP contribution in [0.5, 0.6) is 0 Å². The second-order valence-electron chi connectivity index (χ2n) is 9.96. The van der Waals surface area contributed by atoms with Gasteiger partial charge in [-0.2, -0.15) is 0 Å². The third-order valence-corrected chi connectivity index (χ3v) is 6.74. The SMILES string of the molecule is CC(C)(CNC(=O)c1ccc(CC(=O)Nc2cccc3cccnc23)cc1)C(C)(C)CC(=O)NO. The lowest BCUT2D eigenvalue weighted by Crippen LogP contribution is -2.45. The van der Waals surface area contributed by atoms with Gasteiger partial charge in [-0.25, -0.2) is 5.48 Å². The summed E-state index contributed by atoms with van der Waals surface area (Å²) in [6.45, 7) is 8.11. The molecule has 0 radical (unpaired) electrons. The molecule has 0 fully saturated rings. The van der Waals surface area contributed by atoms with Crippen LogP contribution in [0.1, 0.15) is 50.0 Å². The van der Waals surface area contributed by atoms with Gasteiger partial charge >= 0.3 is 0 Å². The fraction of sp³-hybridized carbons (Fsp3) is 0.333. The summed E-state index contributed by atoms with van der Waals surface area (Å²) in [5.74, 6) is -0.875. The summed E-state index contributed by atoms with van der Waals surface area (Å²) in [4.78, 5) is 41.2. The molecule has 3 amide bonds. The maximum Gasteiger partial charge on any atom is 0.251 e. The number of hydrogen-bond donors (Lipinski definition) is 4. The molecule has 184 valence electrons. The van der Waals surface area contributed by atoms with Gasteiger partial charge in [0, 0.05) is 30.1 Å². The first-order valence-electron chi connectivity index (χ1n) is 11.5. The van der Waals surface area contributed by atoms with Crippen LogP contribution in [0.3, 0.4) is 0 Å². The molecule has 0 spiro atoms. The molecule has 0 aliphatic rings. The van der Waals surface area contributed by atoms with Gasteiger partial charge in [-0.05, 0) is 40.7 Å². The number of hydroxylamine groups is 1. The molecule has 4 N–H and O–H groups in total. The Morgan fingerprint density at radius 2 is 1.57 bits per heavy atom. The molecular weight excluding hydrogens is 444 g/mol. The summed E-state index contributed by atoms with van der Waals surface area (Å²) in [6, 6.07) is 16.3. The molecule has 0 aliphatic carbocycles. The van der Waals surface area contributed by atoms with Crippen molar-refractivity contribution < 1.29 is 19.6 Å². The van der Waals surface area contributed by atoms with Crippen LogP contribution < -0.4 is 16.1 Å². The number of para-hydroxylation sites is 1. The molecule has 8 nitrogen and oxygen atoms in total. The zero-order valence-electron chi connectivity index (χ0n) is 20.5. The van der Waals surface area contributed by atoms with E-state index in [0.717, 1.165) is 16.5 Å². The van der Waals surface area contributed by atoms with Gasteiger partial charge in [0.2, 0.25) is 11.8 Å². The number of rotatable bonds is 9.